The lowest BCUT2D eigenvalue weighted by molar-refractivity contribution is -0.111. The summed E-state index contributed by atoms with van der Waals surface area (Å²) in [5, 5.41) is 7.26. The standard InChI is InChI=1S/C29H25N7O2/c1-4-23(37)35-20-7-5-18(6-8-20)26-24-22-10-9-21(38-29-31-13-11-17(2)34-29)15-19(22)12-14-30-27-25(24)28(36(26)3)33-16-32-27/h4-11,13,15-16H,1,12,14H2,2-3H3,(H,35,37)(H,30,32,33). The van der Waals surface area contributed by atoms with Gasteiger partial charge < -0.3 is 19.9 Å². The van der Waals surface area contributed by atoms with E-state index in [1.54, 1.807) is 12.5 Å². The van der Waals surface area contributed by atoms with E-state index in [4.69, 9.17) is 4.74 Å². The minimum atomic E-state index is -0.251. The highest BCUT2D eigenvalue weighted by molar-refractivity contribution is 6.09. The van der Waals surface area contributed by atoms with Crippen molar-refractivity contribution in [2.45, 2.75) is 13.3 Å². The summed E-state index contributed by atoms with van der Waals surface area (Å²) < 4.78 is 8.09. The van der Waals surface area contributed by atoms with Crippen LogP contribution >= 0.6 is 0 Å². The number of aryl methyl sites for hydroxylation is 2. The van der Waals surface area contributed by atoms with Gasteiger partial charge in [-0.2, -0.15) is 0 Å². The third-order valence-corrected chi connectivity index (χ3v) is 6.59. The van der Waals surface area contributed by atoms with Crippen LogP contribution in [0, 0.1) is 6.92 Å². The first kappa shape index (κ1) is 23.4. The number of ether oxygens (including phenoxy) is 1. The number of hydrogen-bond acceptors (Lipinski definition) is 7. The van der Waals surface area contributed by atoms with Gasteiger partial charge in [-0.3, -0.25) is 4.79 Å². The predicted molar refractivity (Wildman–Crippen MR) is 147 cm³/mol. The van der Waals surface area contributed by atoms with Crippen LogP contribution in [0.5, 0.6) is 11.8 Å². The van der Waals surface area contributed by atoms with Crippen molar-refractivity contribution < 1.29 is 9.53 Å². The van der Waals surface area contributed by atoms with Crippen LogP contribution < -0.4 is 15.4 Å². The molecule has 0 radical (unpaired) electrons. The molecule has 188 valence electrons. The van der Waals surface area contributed by atoms with Gasteiger partial charge in [0.15, 0.2) is 0 Å². The molecule has 0 saturated carbocycles. The highest BCUT2D eigenvalue weighted by Crippen LogP contribution is 2.45. The maximum absolute atomic E-state index is 11.7. The number of hydrogen-bond donors (Lipinski definition) is 2. The number of carbonyl (C=O) groups excluding carboxylic acids is 1. The lowest BCUT2D eigenvalue weighted by Gasteiger charge is -2.18. The zero-order valence-corrected chi connectivity index (χ0v) is 21.0. The fourth-order valence-corrected chi connectivity index (χ4v) is 4.87. The Morgan fingerprint density at radius 1 is 1.13 bits per heavy atom. The summed E-state index contributed by atoms with van der Waals surface area (Å²) in [7, 11) is 2.01. The average molecular weight is 504 g/mol. The van der Waals surface area contributed by atoms with Crippen LogP contribution in [0.2, 0.25) is 0 Å². The Bertz CT molecular complexity index is 1710. The van der Waals surface area contributed by atoms with Crippen molar-refractivity contribution in [2.24, 2.45) is 7.05 Å². The number of benzene rings is 2. The quantitative estimate of drug-likeness (QED) is 0.314. The van der Waals surface area contributed by atoms with E-state index in [2.05, 4.69) is 47.8 Å². The number of anilines is 2. The van der Waals surface area contributed by atoms with Crippen LogP contribution in [0.15, 0.2) is 73.7 Å². The van der Waals surface area contributed by atoms with Crippen molar-refractivity contribution in [2.75, 3.05) is 17.2 Å². The molecule has 0 aliphatic carbocycles. The maximum atomic E-state index is 11.7. The molecule has 38 heavy (non-hydrogen) atoms. The first-order valence-corrected chi connectivity index (χ1v) is 12.2. The van der Waals surface area contributed by atoms with Gasteiger partial charge in [-0.05, 0) is 66.4 Å². The Morgan fingerprint density at radius 3 is 2.76 bits per heavy atom. The molecule has 0 unspecified atom stereocenters. The van der Waals surface area contributed by atoms with E-state index in [1.807, 2.05) is 56.4 Å². The van der Waals surface area contributed by atoms with E-state index >= 15 is 0 Å². The van der Waals surface area contributed by atoms with Gasteiger partial charge >= 0.3 is 6.01 Å². The molecule has 4 heterocycles. The first-order chi connectivity index (χ1) is 18.5. The average Bonchev–Trinajstić information content (AvgIpc) is 3.21. The molecule has 2 N–H and O–H groups in total. The molecule has 0 bridgehead atoms. The molecule has 3 aromatic heterocycles. The third-order valence-electron chi connectivity index (χ3n) is 6.59. The van der Waals surface area contributed by atoms with Crippen molar-refractivity contribution in [3.05, 3.63) is 85.0 Å². The summed E-state index contributed by atoms with van der Waals surface area (Å²) in [5.41, 5.74) is 7.62. The normalized spacial score (nSPS) is 12.2. The molecule has 9 heteroatoms. The minimum Gasteiger partial charge on any atom is -0.424 e. The van der Waals surface area contributed by atoms with Crippen molar-refractivity contribution in [1.82, 2.24) is 24.5 Å². The molecule has 1 aliphatic rings. The highest BCUT2D eigenvalue weighted by Gasteiger charge is 2.26. The van der Waals surface area contributed by atoms with E-state index in [0.29, 0.717) is 24.0 Å². The Labute approximate surface area is 219 Å². The van der Waals surface area contributed by atoms with Crippen molar-refractivity contribution >= 4 is 28.4 Å². The summed E-state index contributed by atoms with van der Waals surface area (Å²) in [6.07, 6.45) is 5.30. The highest BCUT2D eigenvalue weighted by atomic mass is 16.5. The van der Waals surface area contributed by atoms with Crippen LogP contribution in [-0.4, -0.2) is 37.0 Å². The lowest BCUT2D eigenvalue weighted by atomic mass is 9.92. The van der Waals surface area contributed by atoms with Crippen molar-refractivity contribution in [3.8, 4) is 34.1 Å². The summed E-state index contributed by atoms with van der Waals surface area (Å²) >= 11 is 0. The number of nitrogens with zero attached hydrogens (tertiary/aromatic N) is 5. The second-order valence-electron chi connectivity index (χ2n) is 9.05. The molecule has 9 nitrogen and oxygen atoms in total. The summed E-state index contributed by atoms with van der Waals surface area (Å²) in [6, 6.07) is 16.0. The molecule has 0 spiro atoms. The molecule has 0 atom stereocenters. The van der Waals surface area contributed by atoms with E-state index in [-0.39, 0.29) is 5.91 Å². The van der Waals surface area contributed by atoms with Gasteiger partial charge in [0.25, 0.3) is 0 Å². The molecule has 6 rings (SSSR count). The number of aromatic nitrogens is 5. The van der Waals surface area contributed by atoms with Gasteiger partial charge in [0.2, 0.25) is 5.91 Å². The third kappa shape index (κ3) is 4.13. The zero-order valence-electron chi connectivity index (χ0n) is 21.0. The van der Waals surface area contributed by atoms with E-state index in [1.165, 1.54) is 6.08 Å². The molecule has 5 aromatic rings. The van der Waals surface area contributed by atoms with Crippen LogP contribution in [0.4, 0.5) is 11.5 Å². The Morgan fingerprint density at radius 2 is 1.97 bits per heavy atom. The maximum Gasteiger partial charge on any atom is 0.322 e. The second kappa shape index (κ2) is 9.44. The van der Waals surface area contributed by atoms with Gasteiger partial charge in [0.1, 0.15) is 23.5 Å². The Balaban J connectivity index is 1.50. The number of rotatable bonds is 5. The van der Waals surface area contributed by atoms with Crippen molar-refractivity contribution in [1.29, 1.82) is 0 Å². The van der Waals surface area contributed by atoms with Crippen LogP contribution in [0.25, 0.3) is 33.4 Å². The van der Waals surface area contributed by atoms with Crippen LogP contribution in [0.1, 0.15) is 11.3 Å². The summed E-state index contributed by atoms with van der Waals surface area (Å²) in [4.78, 5) is 29.5. The monoisotopic (exact) mass is 503 g/mol. The smallest absolute Gasteiger partial charge is 0.322 e. The number of nitrogens with one attached hydrogen (secondary N) is 2. The second-order valence-corrected chi connectivity index (χ2v) is 9.05. The fraction of sp³-hybridized carbons (Fsp3) is 0.138. The van der Waals surface area contributed by atoms with Crippen molar-refractivity contribution in [3.63, 3.8) is 0 Å². The van der Waals surface area contributed by atoms with E-state index in [0.717, 1.165) is 56.9 Å². The molecule has 2 aromatic carbocycles. The van der Waals surface area contributed by atoms with Gasteiger partial charge in [-0.1, -0.05) is 24.8 Å². The minimum absolute atomic E-state index is 0.251. The fourth-order valence-electron chi connectivity index (χ4n) is 4.87. The Hall–Kier alpha value is -5.05. The van der Waals surface area contributed by atoms with E-state index < -0.39 is 0 Å². The number of fused-ring (bicyclic) bond motifs is 2. The largest absolute Gasteiger partial charge is 0.424 e. The predicted octanol–water partition coefficient (Wildman–Crippen LogP) is 5.29. The van der Waals surface area contributed by atoms with Crippen LogP contribution in [0.3, 0.4) is 0 Å². The molecular weight excluding hydrogens is 478 g/mol. The van der Waals surface area contributed by atoms with E-state index in [9.17, 15) is 4.79 Å². The van der Waals surface area contributed by atoms with Gasteiger partial charge in [-0.25, -0.2) is 19.9 Å². The van der Waals surface area contributed by atoms with Gasteiger partial charge in [0.05, 0.1) is 11.1 Å². The first-order valence-electron chi connectivity index (χ1n) is 12.2. The van der Waals surface area contributed by atoms with Gasteiger partial charge in [0, 0.05) is 36.7 Å². The topological polar surface area (TPSA) is 107 Å². The lowest BCUT2D eigenvalue weighted by Crippen LogP contribution is -2.10. The van der Waals surface area contributed by atoms with Gasteiger partial charge in [-0.15, -0.1) is 0 Å². The molecule has 0 saturated heterocycles. The Kier molecular flexibility index (Phi) is 5.80. The molecule has 1 amide bonds. The molecule has 0 fully saturated rings. The van der Waals surface area contributed by atoms with Crippen LogP contribution in [-0.2, 0) is 18.3 Å². The molecule has 1 aliphatic heterocycles. The summed E-state index contributed by atoms with van der Waals surface area (Å²) in [6.45, 7) is 6.13. The number of amides is 1. The summed E-state index contributed by atoms with van der Waals surface area (Å²) in [5.74, 6) is 1.23. The zero-order chi connectivity index (χ0) is 26.2. The SMILES string of the molecule is C=CC(=O)Nc1ccc(-c2c3c4c(ncnc4n2C)NCCc2cc(Oc4nccc(C)n4)ccc2-3)cc1. The molecular formula is C29H25N7O2. The number of carbonyl (C=O) groups is 1.